The normalized spacial score (nSPS) is 11.7. The Kier molecular flexibility index (Phi) is 8.95. The Bertz CT molecular complexity index is 1720. The third-order valence-electron chi connectivity index (χ3n) is 6.49. The summed E-state index contributed by atoms with van der Waals surface area (Å²) in [6, 6.07) is 18.3. The van der Waals surface area contributed by atoms with Crippen LogP contribution < -0.4 is 9.73 Å². The van der Waals surface area contributed by atoms with Crippen LogP contribution in [0.3, 0.4) is 0 Å². The summed E-state index contributed by atoms with van der Waals surface area (Å²) in [5, 5.41) is 5.41. The fourth-order valence-corrected chi connectivity index (χ4v) is 6.04. The molecule has 40 heavy (non-hydrogen) atoms. The van der Waals surface area contributed by atoms with E-state index in [-0.39, 0.29) is 4.90 Å². The molecule has 11 heteroatoms. The van der Waals surface area contributed by atoms with Crippen molar-refractivity contribution in [3.8, 4) is 5.69 Å². The number of hydrazone groups is 1. The standard InChI is InChI=1S/C29H27Cl3N4O3S/c1-18-5-8-24(13-19(18)2)35(40(38,39)26-10-6-23(30)7-11-26)17-29(37)34-33-16-22-14-20(3)36(21(22)4)25-9-12-27(31)28(32)15-25/h5-16H,17H2,1-4H3,(H,34,37)/b33-16-. The maximum Gasteiger partial charge on any atom is 0.264 e. The maximum atomic E-state index is 13.6. The van der Waals surface area contributed by atoms with Crippen LogP contribution >= 0.6 is 34.8 Å². The van der Waals surface area contributed by atoms with Crippen LogP contribution in [-0.4, -0.2) is 31.7 Å². The summed E-state index contributed by atoms with van der Waals surface area (Å²) in [5.41, 5.74) is 8.12. The summed E-state index contributed by atoms with van der Waals surface area (Å²) in [5.74, 6) is -0.606. The van der Waals surface area contributed by atoms with Gasteiger partial charge >= 0.3 is 0 Å². The van der Waals surface area contributed by atoms with Crippen molar-refractivity contribution in [2.75, 3.05) is 10.8 Å². The Hall–Kier alpha value is -3.30. The van der Waals surface area contributed by atoms with Gasteiger partial charge < -0.3 is 4.57 Å². The minimum atomic E-state index is -4.08. The van der Waals surface area contributed by atoms with Crippen LogP contribution in [0.15, 0.2) is 76.7 Å². The van der Waals surface area contributed by atoms with E-state index in [1.807, 2.05) is 50.5 Å². The summed E-state index contributed by atoms with van der Waals surface area (Å²) >= 11 is 18.2. The number of anilines is 1. The number of carbonyl (C=O) groups is 1. The van der Waals surface area contributed by atoms with Gasteiger partial charge in [0.2, 0.25) is 0 Å². The topological polar surface area (TPSA) is 83.8 Å². The van der Waals surface area contributed by atoms with Gasteiger partial charge in [0.25, 0.3) is 15.9 Å². The number of hydrogen-bond acceptors (Lipinski definition) is 4. The van der Waals surface area contributed by atoms with E-state index < -0.39 is 22.5 Å². The van der Waals surface area contributed by atoms with E-state index in [2.05, 4.69) is 10.5 Å². The minimum Gasteiger partial charge on any atom is -0.318 e. The van der Waals surface area contributed by atoms with E-state index in [1.54, 1.807) is 24.3 Å². The predicted octanol–water partition coefficient (Wildman–Crippen LogP) is 7.02. The van der Waals surface area contributed by atoms with Crippen LogP contribution in [0.2, 0.25) is 15.1 Å². The van der Waals surface area contributed by atoms with E-state index in [0.717, 1.165) is 38.1 Å². The quantitative estimate of drug-likeness (QED) is 0.170. The number of nitrogens with zero attached hydrogens (tertiary/aromatic N) is 3. The lowest BCUT2D eigenvalue weighted by molar-refractivity contribution is -0.119. The Morgan fingerprint density at radius 2 is 1.60 bits per heavy atom. The fourth-order valence-electron chi connectivity index (χ4n) is 4.21. The van der Waals surface area contributed by atoms with Gasteiger partial charge in [0.05, 0.1) is 26.8 Å². The van der Waals surface area contributed by atoms with Crippen LogP contribution in [0, 0.1) is 27.7 Å². The molecule has 4 aromatic rings. The maximum absolute atomic E-state index is 13.6. The van der Waals surface area contributed by atoms with Crippen LogP contribution in [0.5, 0.6) is 0 Å². The van der Waals surface area contributed by atoms with Gasteiger partial charge in [0, 0.05) is 27.7 Å². The third kappa shape index (κ3) is 6.36. The van der Waals surface area contributed by atoms with E-state index >= 15 is 0 Å². The number of carbonyl (C=O) groups excluding carboxylic acids is 1. The average molecular weight is 618 g/mol. The molecule has 4 rings (SSSR count). The molecule has 0 aliphatic carbocycles. The van der Waals surface area contributed by atoms with Crippen LogP contribution in [0.4, 0.5) is 5.69 Å². The second-order valence-electron chi connectivity index (χ2n) is 9.29. The number of rotatable bonds is 8. The second kappa shape index (κ2) is 12.1. The molecule has 0 saturated carbocycles. The van der Waals surface area contributed by atoms with Crippen molar-refractivity contribution in [1.29, 1.82) is 0 Å². The predicted molar refractivity (Wildman–Crippen MR) is 163 cm³/mol. The molecule has 0 bridgehead atoms. The van der Waals surface area contributed by atoms with Crippen molar-refractivity contribution >= 4 is 62.6 Å². The lowest BCUT2D eigenvalue weighted by Gasteiger charge is -2.24. The summed E-state index contributed by atoms with van der Waals surface area (Å²) in [6.07, 6.45) is 1.52. The molecule has 0 spiro atoms. The highest BCUT2D eigenvalue weighted by atomic mass is 35.5. The van der Waals surface area contributed by atoms with Crippen LogP contribution in [-0.2, 0) is 14.8 Å². The average Bonchev–Trinajstić information content (AvgIpc) is 3.18. The lowest BCUT2D eigenvalue weighted by Crippen LogP contribution is -2.39. The summed E-state index contributed by atoms with van der Waals surface area (Å²) in [4.78, 5) is 13.0. The number of hydrogen-bond donors (Lipinski definition) is 1. The molecular formula is C29H27Cl3N4O3S. The van der Waals surface area contributed by atoms with Gasteiger partial charge in [0.1, 0.15) is 6.54 Å². The first kappa shape index (κ1) is 29.7. The van der Waals surface area contributed by atoms with Gasteiger partial charge in [-0.2, -0.15) is 5.10 Å². The van der Waals surface area contributed by atoms with Crippen molar-refractivity contribution in [1.82, 2.24) is 9.99 Å². The summed E-state index contributed by atoms with van der Waals surface area (Å²) < 4.78 is 30.2. The SMILES string of the molecule is Cc1ccc(N(CC(=O)N/N=C\c2cc(C)n(-c3ccc(Cl)c(Cl)c3)c2C)S(=O)(=O)c2ccc(Cl)cc2)cc1C. The van der Waals surface area contributed by atoms with Crippen molar-refractivity contribution in [2.45, 2.75) is 32.6 Å². The number of sulfonamides is 1. The van der Waals surface area contributed by atoms with Crippen molar-refractivity contribution in [3.05, 3.63) is 110 Å². The Morgan fingerprint density at radius 3 is 2.25 bits per heavy atom. The first-order valence-electron chi connectivity index (χ1n) is 12.2. The number of nitrogens with one attached hydrogen (secondary N) is 1. The Labute approximate surface area is 249 Å². The number of benzene rings is 3. The molecule has 0 aliphatic rings. The lowest BCUT2D eigenvalue weighted by atomic mass is 10.1. The second-order valence-corrected chi connectivity index (χ2v) is 12.4. The van der Waals surface area contributed by atoms with E-state index in [9.17, 15) is 13.2 Å². The molecule has 7 nitrogen and oxygen atoms in total. The first-order valence-corrected chi connectivity index (χ1v) is 14.8. The molecule has 0 aliphatic heterocycles. The Balaban J connectivity index is 1.57. The van der Waals surface area contributed by atoms with Crippen molar-refractivity contribution in [2.24, 2.45) is 5.10 Å². The smallest absolute Gasteiger partial charge is 0.264 e. The zero-order chi connectivity index (χ0) is 29.2. The highest BCUT2D eigenvalue weighted by Gasteiger charge is 2.27. The largest absolute Gasteiger partial charge is 0.318 e. The molecule has 208 valence electrons. The molecule has 1 aromatic heterocycles. The molecule has 1 heterocycles. The Morgan fingerprint density at radius 1 is 0.900 bits per heavy atom. The van der Waals surface area contributed by atoms with Gasteiger partial charge in [-0.25, -0.2) is 13.8 Å². The fraction of sp³-hybridized carbons (Fsp3) is 0.172. The molecule has 0 radical (unpaired) electrons. The van der Waals surface area contributed by atoms with E-state index in [0.29, 0.717) is 20.8 Å². The first-order chi connectivity index (χ1) is 18.9. The van der Waals surface area contributed by atoms with Crippen molar-refractivity contribution < 1.29 is 13.2 Å². The molecule has 1 amide bonds. The van der Waals surface area contributed by atoms with Gasteiger partial charge in [0.15, 0.2) is 0 Å². The van der Waals surface area contributed by atoms with Gasteiger partial charge in [-0.1, -0.05) is 40.9 Å². The zero-order valence-corrected chi connectivity index (χ0v) is 25.3. The number of aromatic nitrogens is 1. The number of amides is 1. The van der Waals surface area contributed by atoms with Gasteiger partial charge in [-0.3, -0.25) is 9.10 Å². The minimum absolute atomic E-state index is 0.0150. The molecular weight excluding hydrogens is 591 g/mol. The zero-order valence-electron chi connectivity index (χ0n) is 22.2. The molecule has 0 atom stereocenters. The molecule has 0 saturated heterocycles. The van der Waals surface area contributed by atoms with Gasteiger partial charge in [-0.05, 0) is 99.5 Å². The highest BCUT2D eigenvalue weighted by Crippen LogP contribution is 2.28. The summed E-state index contributed by atoms with van der Waals surface area (Å²) in [6.45, 7) is 7.18. The number of halogens is 3. The van der Waals surface area contributed by atoms with Crippen LogP contribution in [0.1, 0.15) is 28.1 Å². The highest BCUT2D eigenvalue weighted by molar-refractivity contribution is 7.92. The number of aryl methyl sites for hydroxylation is 3. The molecule has 3 aromatic carbocycles. The molecule has 0 fully saturated rings. The molecule has 0 unspecified atom stereocenters. The van der Waals surface area contributed by atoms with E-state index in [4.69, 9.17) is 34.8 Å². The summed E-state index contributed by atoms with van der Waals surface area (Å²) in [7, 11) is -4.08. The van der Waals surface area contributed by atoms with E-state index in [1.165, 1.54) is 30.5 Å². The van der Waals surface area contributed by atoms with Gasteiger partial charge in [-0.15, -0.1) is 0 Å². The third-order valence-corrected chi connectivity index (χ3v) is 9.27. The molecule has 1 N–H and O–H groups in total. The monoisotopic (exact) mass is 616 g/mol. The van der Waals surface area contributed by atoms with Crippen molar-refractivity contribution in [3.63, 3.8) is 0 Å². The van der Waals surface area contributed by atoms with Crippen LogP contribution in [0.25, 0.3) is 5.69 Å².